The fraction of sp³-hybridized carbons (Fsp3) is 0.182. The van der Waals surface area contributed by atoms with E-state index in [0.717, 1.165) is 41.3 Å². The Morgan fingerprint density at radius 2 is 1.88 bits per heavy atom. The van der Waals surface area contributed by atoms with E-state index in [-0.39, 0.29) is 0 Å². The molecule has 0 aliphatic rings. The number of hydrogen-bond acceptors (Lipinski definition) is 3. The van der Waals surface area contributed by atoms with E-state index in [0.29, 0.717) is 6.54 Å². The van der Waals surface area contributed by atoms with Gasteiger partial charge in [0.2, 0.25) is 0 Å². The minimum Gasteiger partial charge on any atom is -0.496 e. The molecule has 4 heteroatoms. The van der Waals surface area contributed by atoms with Crippen molar-refractivity contribution in [3.63, 3.8) is 0 Å². The van der Waals surface area contributed by atoms with Crippen molar-refractivity contribution in [2.45, 2.75) is 13.0 Å². The molecule has 0 atom stereocenters. The van der Waals surface area contributed by atoms with Gasteiger partial charge < -0.3 is 19.5 Å². The van der Waals surface area contributed by atoms with E-state index in [9.17, 15) is 0 Å². The molecular formula is C22H22N2O2. The molecule has 4 aromatic rings. The van der Waals surface area contributed by atoms with Crippen molar-refractivity contribution >= 4 is 10.9 Å². The largest absolute Gasteiger partial charge is 0.496 e. The summed E-state index contributed by atoms with van der Waals surface area (Å²) in [5.41, 5.74) is 3.47. The van der Waals surface area contributed by atoms with Gasteiger partial charge >= 0.3 is 0 Å². The summed E-state index contributed by atoms with van der Waals surface area (Å²) in [6, 6.07) is 20.3. The van der Waals surface area contributed by atoms with Crippen LogP contribution >= 0.6 is 0 Å². The predicted molar refractivity (Wildman–Crippen MR) is 104 cm³/mol. The Kier molecular flexibility index (Phi) is 4.75. The smallest absolute Gasteiger partial charge is 0.134 e. The maximum atomic E-state index is 5.93. The number of rotatable bonds is 7. The van der Waals surface area contributed by atoms with Gasteiger partial charge in [0, 0.05) is 22.7 Å². The third-order valence-electron chi connectivity index (χ3n) is 4.56. The van der Waals surface area contributed by atoms with E-state index in [1.54, 1.807) is 7.11 Å². The lowest BCUT2D eigenvalue weighted by atomic mass is 10.1. The first-order valence-electron chi connectivity index (χ1n) is 8.83. The van der Waals surface area contributed by atoms with Crippen LogP contribution < -0.4 is 10.1 Å². The van der Waals surface area contributed by atoms with Crippen molar-refractivity contribution in [1.29, 1.82) is 0 Å². The van der Waals surface area contributed by atoms with Gasteiger partial charge in [-0.25, -0.2) is 0 Å². The van der Waals surface area contributed by atoms with E-state index in [4.69, 9.17) is 9.15 Å². The highest BCUT2D eigenvalue weighted by Gasteiger charge is 2.09. The van der Waals surface area contributed by atoms with Gasteiger partial charge in [-0.15, -0.1) is 0 Å². The number of methoxy groups -OCH3 is 1. The molecule has 4 nitrogen and oxygen atoms in total. The first kappa shape index (κ1) is 16.5. The molecule has 132 valence electrons. The molecule has 0 saturated carbocycles. The molecule has 0 aliphatic carbocycles. The summed E-state index contributed by atoms with van der Waals surface area (Å²) in [5.74, 6) is 2.77. The Bertz CT molecular complexity index is 986. The Morgan fingerprint density at radius 1 is 1.00 bits per heavy atom. The third-order valence-corrected chi connectivity index (χ3v) is 4.56. The molecule has 0 bridgehead atoms. The first-order chi connectivity index (χ1) is 12.8. The number of aromatic nitrogens is 1. The summed E-state index contributed by atoms with van der Waals surface area (Å²) in [6.07, 6.45) is 2.99. The number of ether oxygens (including phenoxy) is 1. The number of nitrogens with one attached hydrogen (secondary N) is 2. The number of benzene rings is 2. The molecule has 0 spiro atoms. The molecule has 2 heterocycles. The van der Waals surface area contributed by atoms with Crippen molar-refractivity contribution < 1.29 is 9.15 Å². The van der Waals surface area contributed by atoms with Gasteiger partial charge in [0.05, 0.1) is 13.7 Å². The van der Waals surface area contributed by atoms with Crippen LogP contribution in [0, 0.1) is 0 Å². The van der Waals surface area contributed by atoms with Gasteiger partial charge in [-0.2, -0.15) is 0 Å². The summed E-state index contributed by atoms with van der Waals surface area (Å²) in [6.45, 7) is 1.58. The highest BCUT2D eigenvalue weighted by atomic mass is 16.5. The molecule has 0 amide bonds. The van der Waals surface area contributed by atoms with Crippen LogP contribution in [0.5, 0.6) is 5.75 Å². The van der Waals surface area contributed by atoms with Gasteiger partial charge in [-0.1, -0.05) is 36.4 Å². The quantitative estimate of drug-likeness (QED) is 0.474. The molecule has 0 unspecified atom stereocenters. The van der Waals surface area contributed by atoms with Gasteiger partial charge in [-0.05, 0) is 42.8 Å². The van der Waals surface area contributed by atoms with Crippen LogP contribution in [0.15, 0.2) is 71.3 Å². The zero-order valence-corrected chi connectivity index (χ0v) is 14.8. The molecule has 0 radical (unpaired) electrons. The maximum absolute atomic E-state index is 5.93. The second kappa shape index (κ2) is 7.50. The van der Waals surface area contributed by atoms with Crippen LogP contribution in [0.1, 0.15) is 11.3 Å². The summed E-state index contributed by atoms with van der Waals surface area (Å²) < 4.78 is 11.4. The molecule has 2 N–H and O–H groups in total. The third kappa shape index (κ3) is 3.37. The number of hydrogen-bond donors (Lipinski definition) is 2. The van der Waals surface area contributed by atoms with Gasteiger partial charge in [0.25, 0.3) is 0 Å². The standard InChI is InChI=1S/C22H22N2O2/c1-25-21-9-5-8-19-22(21)17(14-24-19)12-13-23-15-18-10-11-20(26-18)16-6-3-2-4-7-16/h2-11,14,23-24H,12-13,15H2,1H3. The SMILES string of the molecule is COc1cccc2[nH]cc(CCNCc3ccc(-c4ccccc4)o3)c12. The van der Waals surface area contributed by atoms with Crippen molar-refractivity contribution in [2.75, 3.05) is 13.7 Å². The zero-order chi connectivity index (χ0) is 17.8. The lowest BCUT2D eigenvalue weighted by Crippen LogP contribution is -2.16. The fourth-order valence-electron chi connectivity index (χ4n) is 3.25. The van der Waals surface area contributed by atoms with E-state index < -0.39 is 0 Å². The van der Waals surface area contributed by atoms with Gasteiger partial charge in [0.1, 0.15) is 17.3 Å². The Balaban J connectivity index is 1.36. The van der Waals surface area contributed by atoms with Gasteiger partial charge in [-0.3, -0.25) is 0 Å². The molecule has 2 aromatic carbocycles. The molecule has 0 saturated heterocycles. The monoisotopic (exact) mass is 346 g/mol. The predicted octanol–water partition coefficient (Wildman–Crippen LogP) is 4.77. The highest BCUT2D eigenvalue weighted by Crippen LogP contribution is 2.28. The van der Waals surface area contributed by atoms with E-state index in [1.165, 1.54) is 10.9 Å². The van der Waals surface area contributed by atoms with Crippen molar-refractivity contribution in [3.8, 4) is 17.1 Å². The molecule has 0 aliphatic heterocycles. The number of furan rings is 1. The van der Waals surface area contributed by atoms with Gasteiger partial charge in [0.15, 0.2) is 0 Å². The van der Waals surface area contributed by atoms with E-state index in [1.807, 2.05) is 42.5 Å². The molecule has 0 fully saturated rings. The van der Waals surface area contributed by atoms with Crippen molar-refractivity contribution in [1.82, 2.24) is 10.3 Å². The zero-order valence-electron chi connectivity index (χ0n) is 14.8. The minimum absolute atomic E-state index is 0.715. The normalized spacial score (nSPS) is 11.1. The van der Waals surface area contributed by atoms with Crippen molar-refractivity contribution in [2.24, 2.45) is 0 Å². The van der Waals surface area contributed by atoms with Crippen LogP contribution in [-0.2, 0) is 13.0 Å². The van der Waals surface area contributed by atoms with Crippen LogP contribution in [0.2, 0.25) is 0 Å². The lowest BCUT2D eigenvalue weighted by molar-refractivity contribution is 0.419. The highest BCUT2D eigenvalue weighted by molar-refractivity contribution is 5.89. The van der Waals surface area contributed by atoms with E-state index in [2.05, 4.69) is 34.7 Å². The maximum Gasteiger partial charge on any atom is 0.134 e. The fourth-order valence-corrected chi connectivity index (χ4v) is 3.25. The summed E-state index contributed by atoms with van der Waals surface area (Å²) in [5, 5.41) is 4.63. The molecule has 26 heavy (non-hydrogen) atoms. The van der Waals surface area contributed by atoms with Crippen LogP contribution in [0.25, 0.3) is 22.2 Å². The average Bonchev–Trinajstić information content (AvgIpc) is 3.33. The number of aromatic amines is 1. The first-order valence-corrected chi connectivity index (χ1v) is 8.83. The minimum atomic E-state index is 0.715. The van der Waals surface area contributed by atoms with Crippen LogP contribution in [-0.4, -0.2) is 18.6 Å². The Labute approximate surface area is 152 Å². The Hall–Kier alpha value is -2.98. The summed E-state index contributed by atoms with van der Waals surface area (Å²) >= 11 is 0. The summed E-state index contributed by atoms with van der Waals surface area (Å²) in [7, 11) is 1.71. The van der Waals surface area contributed by atoms with Crippen LogP contribution in [0.4, 0.5) is 0 Å². The number of H-pyrrole nitrogens is 1. The summed E-state index contributed by atoms with van der Waals surface area (Å²) in [4.78, 5) is 3.32. The van der Waals surface area contributed by atoms with Crippen LogP contribution in [0.3, 0.4) is 0 Å². The number of fused-ring (bicyclic) bond motifs is 1. The van der Waals surface area contributed by atoms with Crippen molar-refractivity contribution in [3.05, 3.63) is 78.2 Å². The second-order valence-electron chi connectivity index (χ2n) is 6.26. The lowest BCUT2D eigenvalue weighted by Gasteiger charge is -2.06. The topological polar surface area (TPSA) is 50.2 Å². The second-order valence-corrected chi connectivity index (χ2v) is 6.26. The van der Waals surface area contributed by atoms with E-state index >= 15 is 0 Å². The molecule has 2 aromatic heterocycles. The Morgan fingerprint density at radius 3 is 2.73 bits per heavy atom. The average molecular weight is 346 g/mol. The molecule has 4 rings (SSSR count). The molecular weight excluding hydrogens is 324 g/mol.